The predicted octanol–water partition coefficient (Wildman–Crippen LogP) is 7.84. The molecule has 0 aliphatic carbocycles. The molecule has 0 bridgehead atoms. The number of hydrogen-bond donors (Lipinski definition) is 0. The Balaban J connectivity index is 0.000000187. The van der Waals surface area contributed by atoms with Gasteiger partial charge in [0, 0.05) is 6.07 Å². The molecular formula is C18H7Cl4FN2O6. The second-order valence-electron chi connectivity index (χ2n) is 5.69. The van der Waals surface area contributed by atoms with Gasteiger partial charge in [0.25, 0.3) is 0 Å². The van der Waals surface area contributed by atoms with Gasteiger partial charge in [-0.2, -0.15) is 4.39 Å². The maximum Gasteiger partial charge on any atom is 0.381 e. The van der Waals surface area contributed by atoms with Crippen molar-refractivity contribution in [1.82, 2.24) is 0 Å². The smallest absolute Gasteiger partial charge is 0.381 e. The molecule has 8 nitrogen and oxygen atoms in total. The summed E-state index contributed by atoms with van der Waals surface area (Å²) in [6, 6.07) is 9.86. The second kappa shape index (κ2) is 9.11. The first-order valence-corrected chi connectivity index (χ1v) is 9.52. The van der Waals surface area contributed by atoms with Gasteiger partial charge in [-0.1, -0.05) is 64.6 Å². The van der Waals surface area contributed by atoms with Crippen LogP contribution in [0.1, 0.15) is 0 Å². The van der Waals surface area contributed by atoms with Gasteiger partial charge in [0.1, 0.15) is 10.0 Å². The van der Waals surface area contributed by atoms with Gasteiger partial charge in [0.05, 0.1) is 19.9 Å². The zero-order valence-corrected chi connectivity index (χ0v) is 17.8. The van der Waals surface area contributed by atoms with Crippen LogP contribution in [0, 0.1) is 26.0 Å². The van der Waals surface area contributed by atoms with E-state index in [-0.39, 0.29) is 31.6 Å². The summed E-state index contributed by atoms with van der Waals surface area (Å²) in [6.07, 6.45) is 0. The molecule has 160 valence electrons. The van der Waals surface area contributed by atoms with Gasteiger partial charge >= 0.3 is 11.4 Å². The second-order valence-corrected chi connectivity index (χ2v) is 7.20. The first-order valence-electron chi connectivity index (χ1n) is 8.01. The Hall–Kier alpha value is -2.85. The molecule has 0 unspecified atom stereocenters. The van der Waals surface area contributed by atoms with Gasteiger partial charge in [-0.05, 0) is 18.2 Å². The van der Waals surface area contributed by atoms with Crippen molar-refractivity contribution >= 4 is 57.8 Å². The van der Waals surface area contributed by atoms with E-state index in [0.29, 0.717) is 11.5 Å². The average molecular weight is 508 g/mol. The Morgan fingerprint density at radius 2 is 1.19 bits per heavy atom. The highest BCUT2D eigenvalue weighted by Gasteiger charge is 2.29. The molecule has 0 fully saturated rings. The standard InChI is InChI=1S/C12H4Cl4O2.C6H3FN2O4/c13-7-8(14)10(16)12-11(9(7)15)17-5-3-1-2-4-6(5)18-12;7-4-2-1-3-5(8(10)11)6(4)9(12)13/h1-4H;1-3H. The molecule has 0 amide bonds. The monoisotopic (exact) mass is 506 g/mol. The van der Waals surface area contributed by atoms with Crippen LogP contribution in [0.3, 0.4) is 0 Å². The van der Waals surface area contributed by atoms with Gasteiger partial charge in [-0.15, -0.1) is 0 Å². The molecule has 13 heteroatoms. The number of ether oxygens (including phenoxy) is 2. The van der Waals surface area contributed by atoms with E-state index in [1.165, 1.54) is 0 Å². The maximum atomic E-state index is 12.7. The van der Waals surface area contributed by atoms with Crippen LogP contribution in [0.5, 0.6) is 23.0 Å². The van der Waals surface area contributed by atoms with Crippen molar-refractivity contribution < 1.29 is 23.7 Å². The highest BCUT2D eigenvalue weighted by molar-refractivity contribution is 6.53. The van der Waals surface area contributed by atoms with Crippen molar-refractivity contribution in [3.05, 3.63) is 88.6 Å². The molecule has 3 aromatic carbocycles. The van der Waals surface area contributed by atoms with Crippen LogP contribution in [0.4, 0.5) is 15.8 Å². The quantitative estimate of drug-likeness (QED) is 0.118. The molecular weight excluding hydrogens is 501 g/mol. The molecule has 0 spiro atoms. The van der Waals surface area contributed by atoms with Gasteiger partial charge < -0.3 is 9.47 Å². The van der Waals surface area contributed by atoms with Crippen LogP contribution >= 0.6 is 46.4 Å². The zero-order chi connectivity index (χ0) is 22.9. The van der Waals surface area contributed by atoms with Gasteiger partial charge in [0.15, 0.2) is 23.0 Å². The van der Waals surface area contributed by atoms with Crippen LogP contribution in [-0.4, -0.2) is 9.85 Å². The van der Waals surface area contributed by atoms with Crippen molar-refractivity contribution in [3.8, 4) is 23.0 Å². The van der Waals surface area contributed by atoms with Crippen molar-refractivity contribution in [2.45, 2.75) is 0 Å². The Bertz CT molecular complexity index is 1170. The Morgan fingerprint density at radius 1 is 0.710 bits per heavy atom. The number of nitrogens with zero attached hydrogens (tertiary/aromatic N) is 2. The fraction of sp³-hybridized carbons (Fsp3) is 0. The molecule has 0 radical (unpaired) electrons. The number of para-hydroxylation sites is 3. The van der Waals surface area contributed by atoms with Crippen LogP contribution in [0.25, 0.3) is 0 Å². The van der Waals surface area contributed by atoms with Gasteiger partial charge in [-0.3, -0.25) is 20.2 Å². The molecule has 4 rings (SSSR count). The third-order valence-electron chi connectivity index (χ3n) is 3.80. The number of nitro groups is 2. The van der Waals surface area contributed by atoms with E-state index in [9.17, 15) is 24.6 Å². The molecule has 0 N–H and O–H groups in total. The highest BCUT2D eigenvalue weighted by Crippen LogP contribution is 2.56. The SMILES string of the molecule is Clc1c(Cl)c(Cl)c2c(c1Cl)Oc1ccccc1O2.O=[N+]([O-])c1cccc(F)c1[N+](=O)[O-]. The number of benzene rings is 3. The van der Waals surface area contributed by atoms with Crippen LogP contribution in [-0.2, 0) is 0 Å². The lowest BCUT2D eigenvalue weighted by Gasteiger charge is -2.23. The van der Waals surface area contributed by atoms with Crippen LogP contribution in [0.15, 0.2) is 42.5 Å². The highest BCUT2D eigenvalue weighted by atomic mass is 35.5. The van der Waals surface area contributed by atoms with E-state index in [1.807, 2.05) is 12.1 Å². The molecule has 1 aliphatic heterocycles. The van der Waals surface area contributed by atoms with Crippen LogP contribution in [0.2, 0.25) is 20.1 Å². The van der Waals surface area contributed by atoms with E-state index in [1.54, 1.807) is 12.1 Å². The fourth-order valence-electron chi connectivity index (χ4n) is 2.44. The summed E-state index contributed by atoms with van der Waals surface area (Å²) >= 11 is 24.1. The molecule has 0 saturated heterocycles. The minimum Gasteiger partial charge on any atom is -0.448 e. The van der Waals surface area contributed by atoms with E-state index in [0.717, 1.165) is 18.2 Å². The number of hydrogen-bond acceptors (Lipinski definition) is 6. The number of halogens is 5. The number of fused-ring (bicyclic) bond motifs is 2. The average Bonchev–Trinajstić information content (AvgIpc) is 2.75. The Kier molecular flexibility index (Phi) is 6.71. The summed E-state index contributed by atoms with van der Waals surface area (Å²) in [6.45, 7) is 0. The topological polar surface area (TPSA) is 105 Å². The molecule has 1 heterocycles. The largest absolute Gasteiger partial charge is 0.448 e. The summed E-state index contributed by atoms with van der Waals surface area (Å²) in [5.41, 5.74) is -1.95. The summed E-state index contributed by atoms with van der Waals surface area (Å²) in [5, 5.41) is 21.1. The Labute approximate surface area is 192 Å². The summed E-state index contributed by atoms with van der Waals surface area (Å²) in [5.74, 6) is 0.423. The molecule has 0 aromatic heterocycles. The maximum absolute atomic E-state index is 12.7. The van der Waals surface area contributed by atoms with Crippen molar-refractivity contribution in [2.75, 3.05) is 0 Å². The Morgan fingerprint density at radius 3 is 1.58 bits per heavy atom. The van der Waals surface area contributed by atoms with Gasteiger partial charge in [-0.25, -0.2) is 0 Å². The molecule has 0 saturated carbocycles. The summed E-state index contributed by atoms with van der Waals surface area (Å²) in [4.78, 5) is 18.3. The lowest BCUT2D eigenvalue weighted by molar-refractivity contribution is -0.424. The molecule has 1 aliphatic rings. The first kappa shape index (κ1) is 22.8. The third kappa shape index (κ3) is 4.45. The van der Waals surface area contributed by atoms with Crippen molar-refractivity contribution in [2.24, 2.45) is 0 Å². The van der Waals surface area contributed by atoms with E-state index >= 15 is 0 Å². The predicted molar refractivity (Wildman–Crippen MR) is 113 cm³/mol. The number of rotatable bonds is 2. The fourth-order valence-corrected chi connectivity index (χ4v) is 3.34. The van der Waals surface area contributed by atoms with E-state index in [2.05, 4.69) is 0 Å². The molecule has 3 aromatic rings. The minimum absolute atomic E-state index is 0.144. The van der Waals surface area contributed by atoms with Gasteiger partial charge in [0.2, 0.25) is 5.82 Å². The molecule has 31 heavy (non-hydrogen) atoms. The number of nitro benzene ring substituents is 2. The molecule has 0 atom stereocenters. The first-order chi connectivity index (χ1) is 14.6. The summed E-state index contributed by atoms with van der Waals surface area (Å²) in [7, 11) is 0. The minimum atomic E-state index is -1.21. The zero-order valence-electron chi connectivity index (χ0n) is 14.8. The summed E-state index contributed by atoms with van der Waals surface area (Å²) < 4.78 is 24.0. The lowest BCUT2D eigenvalue weighted by atomic mass is 10.2. The normalized spacial score (nSPS) is 11.1. The third-order valence-corrected chi connectivity index (χ3v) is 5.57. The van der Waals surface area contributed by atoms with Crippen molar-refractivity contribution in [3.63, 3.8) is 0 Å². The van der Waals surface area contributed by atoms with Crippen LogP contribution < -0.4 is 9.47 Å². The van der Waals surface area contributed by atoms with Crippen molar-refractivity contribution in [1.29, 1.82) is 0 Å². The van der Waals surface area contributed by atoms with E-state index in [4.69, 9.17) is 55.9 Å². The van der Waals surface area contributed by atoms with E-state index < -0.39 is 27.0 Å². The lowest BCUT2D eigenvalue weighted by Crippen LogP contribution is -2.00.